The summed E-state index contributed by atoms with van der Waals surface area (Å²) in [5.74, 6) is 0.704. The van der Waals surface area contributed by atoms with Crippen molar-refractivity contribution in [1.29, 1.82) is 0 Å². The lowest BCUT2D eigenvalue weighted by molar-refractivity contribution is -0.127. The zero-order valence-corrected chi connectivity index (χ0v) is 17.8. The van der Waals surface area contributed by atoms with Gasteiger partial charge in [-0.2, -0.15) is 0 Å². The molecule has 1 N–H and O–H groups in total. The molecule has 2 aliphatic rings. The Morgan fingerprint density at radius 3 is 2.47 bits per heavy atom. The van der Waals surface area contributed by atoms with Crippen molar-refractivity contribution in [2.75, 3.05) is 11.9 Å². The van der Waals surface area contributed by atoms with Crippen LogP contribution in [0, 0.1) is 5.92 Å². The number of anilines is 1. The summed E-state index contributed by atoms with van der Waals surface area (Å²) < 4.78 is 0. The molecule has 1 aliphatic heterocycles. The first-order valence-corrected chi connectivity index (χ1v) is 11.3. The van der Waals surface area contributed by atoms with Gasteiger partial charge in [0.25, 0.3) is 0 Å². The number of para-hydroxylation sites is 1. The number of hydrogen-bond donors (Lipinski definition) is 1. The van der Waals surface area contributed by atoms with E-state index in [1.165, 1.54) is 37.7 Å². The topological polar surface area (TPSA) is 49.4 Å². The standard InChI is InChI=1S/C26H32N2O2/c1-28-24-15-9-8-14-21(24)22(20-12-6-3-7-13-20)18-23(26(28)30)27-25(29)17-16-19-10-4-2-5-11-19/h3,6-9,12-15,19,22-23H,2,4-5,10-11,16-18H2,1H3,(H,27,29)/t22-,23-/m1/s1. The van der Waals surface area contributed by atoms with Gasteiger partial charge in [0, 0.05) is 25.1 Å². The van der Waals surface area contributed by atoms with E-state index in [1.807, 2.05) is 43.4 Å². The molecule has 0 unspecified atom stereocenters. The summed E-state index contributed by atoms with van der Waals surface area (Å²) in [5, 5.41) is 3.08. The predicted octanol–water partition coefficient (Wildman–Crippen LogP) is 5.03. The average Bonchev–Trinajstić information content (AvgIpc) is 2.90. The van der Waals surface area contributed by atoms with Crippen molar-refractivity contribution in [2.24, 2.45) is 5.92 Å². The Labute approximate surface area is 179 Å². The molecule has 1 fully saturated rings. The van der Waals surface area contributed by atoms with Crippen molar-refractivity contribution in [1.82, 2.24) is 5.32 Å². The van der Waals surface area contributed by atoms with Gasteiger partial charge in [0.2, 0.25) is 11.8 Å². The highest BCUT2D eigenvalue weighted by atomic mass is 16.2. The summed E-state index contributed by atoms with van der Waals surface area (Å²) in [4.78, 5) is 27.7. The van der Waals surface area contributed by atoms with E-state index in [2.05, 4.69) is 23.5 Å². The SMILES string of the molecule is CN1C(=O)[C@H](NC(=O)CCC2CCCCC2)C[C@H](c2ccccc2)c2ccccc21. The Hall–Kier alpha value is -2.62. The summed E-state index contributed by atoms with van der Waals surface area (Å²) in [5.41, 5.74) is 3.24. The van der Waals surface area contributed by atoms with Crippen LogP contribution in [0.25, 0.3) is 0 Å². The minimum atomic E-state index is -0.508. The molecule has 4 nitrogen and oxygen atoms in total. The minimum Gasteiger partial charge on any atom is -0.344 e. The number of benzene rings is 2. The Morgan fingerprint density at radius 1 is 1.00 bits per heavy atom. The monoisotopic (exact) mass is 404 g/mol. The molecule has 0 aromatic heterocycles. The summed E-state index contributed by atoms with van der Waals surface area (Å²) in [7, 11) is 1.82. The first-order valence-electron chi connectivity index (χ1n) is 11.3. The van der Waals surface area contributed by atoms with E-state index >= 15 is 0 Å². The third-order valence-electron chi connectivity index (χ3n) is 6.82. The number of amides is 2. The van der Waals surface area contributed by atoms with Gasteiger partial charge in [-0.05, 0) is 36.0 Å². The normalized spacial score (nSPS) is 22.3. The first kappa shape index (κ1) is 20.6. The van der Waals surface area contributed by atoms with Gasteiger partial charge in [-0.3, -0.25) is 9.59 Å². The summed E-state index contributed by atoms with van der Waals surface area (Å²) >= 11 is 0. The van der Waals surface area contributed by atoms with Crippen LogP contribution >= 0.6 is 0 Å². The van der Waals surface area contributed by atoms with Crippen molar-refractivity contribution < 1.29 is 9.59 Å². The number of rotatable bonds is 5. The smallest absolute Gasteiger partial charge is 0.249 e. The molecule has 0 saturated heterocycles. The second-order valence-corrected chi connectivity index (χ2v) is 8.82. The van der Waals surface area contributed by atoms with Gasteiger partial charge >= 0.3 is 0 Å². The van der Waals surface area contributed by atoms with E-state index in [0.717, 1.165) is 17.7 Å². The number of fused-ring (bicyclic) bond motifs is 1. The largest absolute Gasteiger partial charge is 0.344 e. The molecule has 1 heterocycles. The van der Waals surface area contributed by atoms with E-state index in [1.54, 1.807) is 4.90 Å². The van der Waals surface area contributed by atoms with E-state index in [-0.39, 0.29) is 17.7 Å². The van der Waals surface area contributed by atoms with Gasteiger partial charge in [-0.1, -0.05) is 80.6 Å². The van der Waals surface area contributed by atoms with E-state index in [9.17, 15) is 9.59 Å². The van der Waals surface area contributed by atoms with Crippen LogP contribution in [0.15, 0.2) is 54.6 Å². The van der Waals surface area contributed by atoms with Crippen LogP contribution in [-0.4, -0.2) is 24.9 Å². The van der Waals surface area contributed by atoms with Crippen LogP contribution in [-0.2, 0) is 9.59 Å². The fraction of sp³-hybridized carbons (Fsp3) is 0.462. The molecule has 2 amide bonds. The molecular formula is C26H32N2O2. The third kappa shape index (κ3) is 4.58. The summed E-state index contributed by atoms with van der Waals surface area (Å²) in [6.07, 6.45) is 8.41. The van der Waals surface area contributed by atoms with Crippen LogP contribution in [0.2, 0.25) is 0 Å². The highest BCUT2D eigenvalue weighted by Gasteiger charge is 2.34. The molecule has 0 spiro atoms. The van der Waals surface area contributed by atoms with Crippen LogP contribution < -0.4 is 10.2 Å². The summed E-state index contributed by atoms with van der Waals surface area (Å²) in [6, 6.07) is 17.9. The Bertz CT molecular complexity index is 874. The van der Waals surface area contributed by atoms with Crippen molar-refractivity contribution in [3.8, 4) is 0 Å². The molecule has 2 aromatic rings. The molecule has 30 heavy (non-hydrogen) atoms. The maximum atomic E-state index is 13.2. The number of likely N-dealkylation sites (N-methyl/N-ethyl adjacent to an activating group) is 1. The minimum absolute atomic E-state index is 0.00471. The number of carbonyl (C=O) groups is 2. The van der Waals surface area contributed by atoms with Gasteiger partial charge in [0.15, 0.2) is 0 Å². The van der Waals surface area contributed by atoms with Gasteiger partial charge in [0.1, 0.15) is 6.04 Å². The maximum absolute atomic E-state index is 13.2. The predicted molar refractivity (Wildman–Crippen MR) is 120 cm³/mol. The second-order valence-electron chi connectivity index (χ2n) is 8.82. The molecule has 2 aromatic carbocycles. The number of nitrogens with zero attached hydrogens (tertiary/aromatic N) is 1. The first-order chi connectivity index (χ1) is 14.6. The molecule has 0 radical (unpaired) electrons. The quantitative estimate of drug-likeness (QED) is 0.760. The molecule has 1 saturated carbocycles. The fourth-order valence-corrected chi connectivity index (χ4v) is 5.10. The third-order valence-corrected chi connectivity index (χ3v) is 6.82. The highest BCUT2D eigenvalue weighted by Crippen LogP contribution is 2.38. The number of nitrogens with one attached hydrogen (secondary N) is 1. The lowest BCUT2D eigenvalue weighted by atomic mass is 9.85. The number of hydrogen-bond acceptors (Lipinski definition) is 2. The molecule has 0 bridgehead atoms. The average molecular weight is 405 g/mol. The van der Waals surface area contributed by atoms with E-state index in [0.29, 0.717) is 18.8 Å². The van der Waals surface area contributed by atoms with Gasteiger partial charge < -0.3 is 10.2 Å². The highest BCUT2D eigenvalue weighted by molar-refractivity contribution is 6.00. The lowest BCUT2D eigenvalue weighted by Crippen LogP contribution is -2.47. The van der Waals surface area contributed by atoms with E-state index < -0.39 is 6.04 Å². The molecular weight excluding hydrogens is 372 g/mol. The van der Waals surface area contributed by atoms with E-state index in [4.69, 9.17) is 0 Å². The fourth-order valence-electron chi connectivity index (χ4n) is 5.10. The Morgan fingerprint density at radius 2 is 1.70 bits per heavy atom. The summed E-state index contributed by atoms with van der Waals surface area (Å²) in [6.45, 7) is 0. The van der Waals surface area contributed by atoms with Gasteiger partial charge in [-0.25, -0.2) is 0 Å². The second kappa shape index (κ2) is 9.46. The molecule has 158 valence electrons. The number of carbonyl (C=O) groups excluding carboxylic acids is 2. The van der Waals surface area contributed by atoms with Crippen molar-refractivity contribution in [3.63, 3.8) is 0 Å². The Balaban J connectivity index is 1.52. The van der Waals surface area contributed by atoms with Crippen LogP contribution in [0.5, 0.6) is 0 Å². The molecule has 2 atom stereocenters. The zero-order chi connectivity index (χ0) is 20.9. The molecule has 4 rings (SSSR count). The molecule has 4 heteroatoms. The lowest BCUT2D eigenvalue weighted by Gasteiger charge is -2.24. The van der Waals surface area contributed by atoms with Gasteiger partial charge in [-0.15, -0.1) is 0 Å². The maximum Gasteiger partial charge on any atom is 0.249 e. The van der Waals surface area contributed by atoms with Crippen molar-refractivity contribution in [2.45, 2.75) is 63.3 Å². The molecule has 1 aliphatic carbocycles. The Kier molecular flexibility index (Phi) is 6.51. The van der Waals surface area contributed by atoms with Crippen LogP contribution in [0.3, 0.4) is 0 Å². The van der Waals surface area contributed by atoms with Crippen molar-refractivity contribution >= 4 is 17.5 Å². The van der Waals surface area contributed by atoms with Crippen LogP contribution in [0.1, 0.15) is 68.4 Å². The van der Waals surface area contributed by atoms with Gasteiger partial charge in [0.05, 0.1) is 0 Å². The zero-order valence-electron chi connectivity index (χ0n) is 17.8. The van der Waals surface area contributed by atoms with Crippen LogP contribution in [0.4, 0.5) is 5.69 Å². The van der Waals surface area contributed by atoms with Crippen molar-refractivity contribution in [3.05, 3.63) is 65.7 Å².